The Labute approximate surface area is 115 Å². The minimum atomic E-state index is -0.304. The first-order chi connectivity index (χ1) is 9.22. The molecule has 0 spiro atoms. The van der Waals surface area contributed by atoms with Gasteiger partial charge < -0.3 is 10.4 Å². The van der Waals surface area contributed by atoms with Gasteiger partial charge in [0.05, 0.1) is 5.60 Å². The molecule has 5 rings (SSSR count). The molecule has 4 saturated carbocycles. The average molecular weight is 257 g/mol. The lowest BCUT2D eigenvalue weighted by atomic mass is 9.52. The van der Waals surface area contributed by atoms with Crippen LogP contribution >= 0.6 is 0 Å². The molecule has 4 bridgehead atoms. The highest BCUT2D eigenvalue weighted by molar-refractivity contribution is 5.15. The summed E-state index contributed by atoms with van der Waals surface area (Å²) in [6.45, 7) is 0.974. The van der Waals surface area contributed by atoms with Crippen molar-refractivity contribution in [3.8, 4) is 0 Å². The highest BCUT2D eigenvalue weighted by Crippen LogP contribution is 2.55. The molecule has 2 N–H and O–H groups in total. The molecule has 0 amide bonds. The molecule has 102 valence electrons. The second-order valence-corrected chi connectivity index (χ2v) is 7.09. The zero-order valence-corrected chi connectivity index (χ0v) is 11.4. The van der Waals surface area contributed by atoms with E-state index in [2.05, 4.69) is 35.6 Å². The van der Waals surface area contributed by atoms with Crippen molar-refractivity contribution in [2.24, 2.45) is 17.8 Å². The average Bonchev–Trinajstić information content (AvgIpc) is 2.37. The largest absolute Gasteiger partial charge is 0.390 e. The molecule has 0 aliphatic heterocycles. The number of rotatable bonds is 3. The molecule has 0 radical (unpaired) electrons. The van der Waals surface area contributed by atoms with Gasteiger partial charge in [0, 0.05) is 12.6 Å². The standard InChI is InChI=1S/C17H23NO/c19-17-8-13-6-14(9-17)16(15(7-13)10-17)18-11-12-4-2-1-3-5-12/h1-5,13-16,18-19H,6-11H2/t13?,14?,15?,16-,17+. The van der Waals surface area contributed by atoms with Gasteiger partial charge in [-0.25, -0.2) is 0 Å². The van der Waals surface area contributed by atoms with E-state index in [1.165, 1.54) is 18.4 Å². The van der Waals surface area contributed by atoms with Gasteiger partial charge in [-0.05, 0) is 55.4 Å². The Balaban J connectivity index is 1.45. The fourth-order valence-corrected chi connectivity index (χ4v) is 5.15. The predicted octanol–water partition coefficient (Wildman–Crippen LogP) is 2.72. The summed E-state index contributed by atoms with van der Waals surface area (Å²) in [6.07, 6.45) is 5.82. The van der Waals surface area contributed by atoms with Crippen molar-refractivity contribution in [3.63, 3.8) is 0 Å². The molecule has 2 atom stereocenters. The Hall–Kier alpha value is -0.860. The van der Waals surface area contributed by atoms with Crippen molar-refractivity contribution < 1.29 is 5.11 Å². The van der Waals surface area contributed by atoms with Crippen LogP contribution in [0.4, 0.5) is 0 Å². The van der Waals surface area contributed by atoms with E-state index >= 15 is 0 Å². The minimum absolute atomic E-state index is 0.304. The maximum Gasteiger partial charge on any atom is 0.0657 e. The summed E-state index contributed by atoms with van der Waals surface area (Å²) in [5, 5.41) is 14.4. The van der Waals surface area contributed by atoms with Crippen LogP contribution in [0, 0.1) is 17.8 Å². The van der Waals surface area contributed by atoms with Crippen molar-refractivity contribution in [2.45, 2.75) is 50.3 Å². The maximum absolute atomic E-state index is 10.6. The fourth-order valence-electron chi connectivity index (χ4n) is 5.15. The van der Waals surface area contributed by atoms with Crippen LogP contribution < -0.4 is 5.32 Å². The molecule has 0 aromatic heterocycles. The summed E-state index contributed by atoms with van der Waals surface area (Å²) in [5.41, 5.74) is 1.07. The maximum atomic E-state index is 10.6. The van der Waals surface area contributed by atoms with Crippen LogP contribution in [0.15, 0.2) is 30.3 Å². The number of aliphatic hydroxyl groups is 1. The molecule has 1 aromatic carbocycles. The summed E-state index contributed by atoms with van der Waals surface area (Å²) >= 11 is 0. The third kappa shape index (κ3) is 2.11. The van der Waals surface area contributed by atoms with E-state index in [-0.39, 0.29) is 5.60 Å². The lowest BCUT2D eigenvalue weighted by molar-refractivity contribution is -0.138. The first-order valence-electron chi connectivity index (χ1n) is 7.72. The van der Waals surface area contributed by atoms with Crippen LogP contribution in [-0.2, 0) is 6.54 Å². The second kappa shape index (κ2) is 4.32. The Bertz CT molecular complexity index is 442. The van der Waals surface area contributed by atoms with E-state index in [0.29, 0.717) is 17.9 Å². The van der Waals surface area contributed by atoms with E-state index in [1.807, 2.05) is 0 Å². The van der Waals surface area contributed by atoms with Crippen LogP contribution in [-0.4, -0.2) is 16.7 Å². The molecule has 4 fully saturated rings. The van der Waals surface area contributed by atoms with E-state index in [0.717, 1.165) is 31.7 Å². The van der Waals surface area contributed by atoms with E-state index in [9.17, 15) is 5.11 Å². The van der Waals surface area contributed by atoms with Crippen LogP contribution in [0.2, 0.25) is 0 Å². The van der Waals surface area contributed by atoms with Crippen LogP contribution in [0.1, 0.15) is 37.7 Å². The number of nitrogens with one attached hydrogen (secondary N) is 1. The molecule has 2 nitrogen and oxygen atoms in total. The Morgan fingerprint density at radius 2 is 1.74 bits per heavy atom. The normalized spacial score (nSPS) is 43.6. The lowest BCUT2D eigenvalue weighted by Crippen LogP contribution is -2.60. The molecule has 4 aliphatic rings. The Kier molecular flexibility index (Phi) is 2.71. The van der Waals surface area contributed by atoms with Gasteiger partial charge in [0.2, 0.25) is 0 Å². The number of hydrogen-bond donors (Lipinski definition) is 2. The number of benzene rings is 1. The monoisotopic (exact) mass is 257 g/mol. The zero-order chi connectivity index (χ0) is 12.9. The van der Waals surface area contributed by atoms with Crippen molar-refractivity contribution in [2.75, 3.05) is 0 Å². The first-order valence-corrected chi connectivity index (χ1v) is 7.72. The van der Waals surface area contributed by atoms with Gasteiger partial charge in [0.1, 0.15) is 0 Å². The molecule has 1 aromatic rings. The molecule has 2 unspecified atom stereocenters. The van der Waals surface area contributed by atoms with Gasteiger partial charge in [-0.2, -0.15) is 0 Å². The van der Waals surface area contributed by atoms with Gasteiger partial charge in [-0.3, -0.25) is 0 Å². The predicted molar refractivity (Wildman–Crippen MR) is 75.6 cm³/mol. The fraction of sp³-hybridized carbons (Fsp3) is 0.647. The number of hydrogen-bond acceptors (Lipinski definition) is 2. The van der Waals surface area contributed by atoms with Crippen molar-refractivity contribution in [3.05, 3.63) is 35.9 Å². The first kappa shape index (κ1) is 11.9. The van der Waals surface area contributed by atoms with E-state index < -0.39 is 0 Å². The zero-order valence-electron chi connectivity index (χ0n) is 11.4. The molecule has 4 aliphatic carbocycles. The molecule has 19 heavy (non-hydrogen) atoms. The van der Waals surface area contributed by atoms with Gasteiger partial charge in [-0.1, -0.05) is 30.3 Å². The van der Waals surface area contributed by atoms with Crippen molar-refractivity contribution in [1.29, 1.82) is 0 Å². The quantitative estimate of drug-likeness (QED) is 0.872. The summed E-state index contributed by atoms with van der Waals surface area (Å²) in [6, 6.07) is 11.3. The summed E-state index contributed by atoms with van der Waals surface area (Å²) < 4.78 is 0. The molecule has 0 saturated heterocycles. The summed E-state index contributed by atoms with van der Waals surface area (Å²) in [4.78, 5) is 0. The van der Waals surface area contributed by atoms with Gasteiger partial charge >= 0.3 is 0 Å². The molecular weight excluding hydrogens is 234 g/mol. The van der Waals surface area contributed by atoms with Crippen LogP contribution in [0.5, 0.6) is 0 Å². The minimum Gasteiger partial charge on any atom is -0.390 e. The topological polar surface area (TPSA) is 32.3 Å². The van der Waals surface area contributed by atoms with Crippen molar-refractivity contribution in [1.82, 2.24) is 5.32 Å². The Morgan fingerprint density at radius 1 is 1.05 bits per heavy atom. The van der Waals surface area contributed by atoms with Gasteiger partial charge in [-0.15, -0.1) is 0 Å². The van der Waals surface area contributed by atoms with E-state index in [1.54, 1.807) is 0 Å². The van der Waals surface area contributed by atoms with Gasteiger partial charge in [0.25, 0.3) is 0 Å². The lowest BCUT2D eigenvalue weighted by Gasteiger charge is -2.58. The highest BCUT2D eigenvalue weighted by Gasteiger charge is 2.54. The molecule has 2 heteroatoms. The third-order valence-corrected chi connectivity index (χ3v) is 5.63. The van der Waals surface area contributed by atoms with Gasteiger partial charge in [0.15, 0.2) is 0 Å². The Morgan fingerprint density at radius 3 is 2.37 bits per heavy atom. The smallest absolute Gasteiger partial charge is 0.0657 e. The molecular formula is C17H23NO. The second-order valence-electron chi connectivity index (χ2n) is 7.09. The van der Waals surface area contributed by atoms with Crippen LogP contribution in [0.25, 0.3) is 0 Å². The summed E-state index contributed by atoms with van der Waals surface area (Å²) in [5.74, 6) is 2.22. The highest BCUT2D eigenvalue weighted by atomic mass is 16.3. The van der Waals surface area contributed by atoms with Crippen molar-refractivity contribution >= 4 is 0 Å². The third-order valence-electron chi connectivity index (χ3n) is 5.63. The van der Waals surface area contributed by atoms with E-state index in [4.69, 9.17) is 0 Å². The SMILES string of the molecule is O[C@]12CC3CC(C1)[C@H](NCc1ccccc1)C(C3)C2. The molecule has 0 heterocycles. The summed E-state index contributed by atoms with van der Waals surface area (Å²) in [7, 11) is 0. The van der Waals surface area contributed by atoms with Crippen LogP contribution in [0.3, 0.4) is 0 Å².